The van der Waals surface area contributed by atoms with Crippen molar-refractivity contribution in [2.24, 2.45) is 0 Å². The molecule has 2 amide bonds. The van der Waals surface area contributed by atoms with E-state index in [1.807, 2.05) is 28.5 Å². The first kappa shape index (κ1) is 11.3. The van der Waals surface area contributed by atoms with Gasteiger partial charge in [0.1, 0.15) is 0 Å². The van der Waals surface area contributed by atoms with Crippen molar-refractivity contribution in [3.05, 3.63) is 57.8 Å². The average molecular weight is 258 g/mol. The van der Waals surface area contributed by atoms with Crippen LogP contribution >= 0.6 is 11.3 Å². The Hall–Kier alpha value is -1.81. The summed E-state index contributed by atoms with van der Waals surface area (Å²) >= 11 is 1.65. The maximum absolute atomic E-state index is 12.0. The van der Waals surface area contributed by atoms with Crippen molar-refractivity contribution in [2.75, 3.05) is 0 Å². The fourth-order valence-corrected chi connectivity index (χ4v) is 2.83. The molecule has 0 saturated heterocycles. The molecule has 3 nitrogen and oxygen atoms in total. The quantitative estimate of drug-likeness (QED) is 0.882. The second kappa shape index (κ2) is 4.82. The van der Waals surface area contributed by atoms with Gasteiger partial charge in [-0.15, -0.1) is 0 Å². The van der Waals surface area contributed by atoms with Gasteiger partial charge in [-0.2, -0.15) is 11.3 Å². The zero-order chi connectivity index (χ0) is 12.4. The summed E-state index contributed by atoms with van der Waals surface area (Å²) < 4.78 is 0. The highest BCUT2D eigenvalue weighted by molar-refractivity contribution is 7.07. The van der Waals surface area contributed by atoms with Crippen LogP contribution < -0.4 is 5.32 Å². The molecule has 0 bridgehead atoms. The van der Waals surface area contributed by atoms with E-state index in [-0.39, 0.29) is 6.03 Å². The van der Waals surface area contributed by atoms with Gasteiger partial charge in [-0.3, -0.25) is 0 Å². The van der Waals surface area contributed by atoms with Crippen molar-refractivity contribution in [3.8, 4) is 0 Å². The second-order valence-electron chi connectivity index (χ2n) is 4.42. The van der Waals surface area contributed by atoms with E-state index in [4.69, 9.17) is 0 Å². The van der Waals surface area contributed by atoms with Crippen molar-refractivity contribution in [2.45, 2.75) is 19.6 Å². The Morgan fingerprint density at radius 3 is 2.56 bits per heavy atom. The van der Waals surface area contributed by atoms with E-state index in [1.54, 1.807) is 11.3 Å². The van der Waals surface area contributed by atoms with Gasteiger partial charge in [0.15, 0.2) is 0 Å². The molecule has 0 unspecified atom stereocenters. The van der Waals surface area contributed by atoms with Crippen LogP contribution in [0.25, 0.3) is 0 Å². The first-order chi connectivity index (χ1) is 8.83. The molecule has 0 aliphatic carbocycles. The molecule has 3 rings (SSSR count). The van der Waals surface area contributed by atoms with Crippen LogP contribution in [0.2, 0.25) is 0 Å². The monoisotopic (exact) mass is 258 g/mol. The normalized spacial score (nSPS) is 13.4. The van der Waals surface area contributed by atoms with Gasteiger partial charge < -0.3 is 10.2 Å². The topological polar surface area (TPSA) is 32.3 Å². The number of fused-ring (bicyclic) bond motifs is 1. The Balaban J connectivity index is 1.59. The third-order valence-electron chi connectivity index (χ3n) is 3.15. The molecule has 4 heteroatoms. The Morgan fingerprint density at radius 1 is 1.22 bits per heavy atom. The van der Waals surface area contributed by atoms with Gasteiger partial charge in [0.05, 0.1) is 0 Å². The number of amides is 2. The van der Waals surface area contributed by atoms with Crippen molar-refractivity contribution < 1.29 is 4.79 Å². The number of rotatable bonds is 2. The molecule has 1 aliphatic rings. The Labute approximate surface area is 110 Å². The van der Waals surface area contributed by atoms with Crippen molar-refractivity contribution >= 4 is 17.4 Å². The van der Waals surface area contributed by atoms with Gasteiger partial charge in [0.25, 0.3) is 0 Å². The Bertz CT molecular complexity index is 526. The van der Waals surface area contributed by atoms with Crippen LogP contribution in [0.3, 0.4) is 0 Å². The van der Waals surface area contributed by atoms with E-state index < -0.39 is 0 Å². The second-order valence-corrected chi connectivity index (χ2v) is 5.20. The third kappa shape index (κ3) is 2.24. The first-order valence-corrected chi connectivity index (χ1v) is 6.88. The van der Waals surface area contributed by atoms with E-state index in [2.05, 4.69) is 22.8 Å². The molecule has 0 fully saturated rings. The summed E-state index contributed by atoms with van der Waals surface area (Å²) in [6.45, 7) is 2.03. The number of carbonyl (C=O) groups excluding carboxylic acids is 1. The summed E-state index contributed by atoms with van der Waals surface area (Å²) in [4.78, 5) is 13.9. The summed E-state index contributed by atoms with van der Waals surface area (Å²) in [5.74, 6) is 0. The molecule has 2 aromatic rings. The van der Waals surface area contributed by atoms with Gasteiger partial charge >= 0.3 is 6.03 Å². The number of hydrogen-bond donors (Lipinski definition) is 1. The fraction of sp³-hybridized carbons (Fsp3) is 0.214. The smallest absolute Gasteiger partial charge is 0.318 e. The standard InChI is InChI=1S/C14H14N2OS/c17-14(15-7-11-5-6-18-10-11)16-8-12-3-1-2-4-13(12)9-16/h1-6,10H,7-9H2,(H,15,17). The zero-order valence-corrected chi connectivity index (χ0v) is 10.7. The predicted molar refractivity (Wildman–Crippen MR) is 72.2 cm³/mol. The molecule has 1 aliphatic heterocycles. The summed E-state index contributed by atoms with van der Waals surface area (Å²) in [6.07, 6.45) is 0. The first-order valence-electron chi connectivity index (χ1n) is 5.93. The minimum Gasteiger partial charge on any atom is -0.334 e. The van der Waals surface area contributed by atoms with Crippen LogP contribution in [0, 0.1) is 0 Å². The predicted octanol–water partition coefficient (Wildman–Crippen LogP) is 2.97. The van der Waals surface area contributed by atoms with Crippen LogP contribution in [0.5, 0.6) is 0 Å². The SMILES string of the molecule is O=C(NCc1ccsc1)N1Cc2ccccc2C1. The van der Waals surface area contributed by atoms with E-state index in [0.717, 1.165) is 5.56 Å². The van der Waals surface area contributed by atoms with Crippen molar-refractivity contribution in [3.63, 3.8) is 0 Å². The lowest BCUT2D eigenvalue weighted by Crippen LogP contribution is -2.35. The molecule has 92 valence electrons. The number of urea groups is 1. The molecule has 1 N–H and O–H groups in total. The van der Waals surface area contributed by atoms with E-state index in [9.17, 15) is 4.79 Å². The lowest BCUT2D eigenvalue weighted by molar-refractivity contribution is 0.198. The number of nitrogens with one attached hydrogen (secondary N) is 1. The molecule has 0 spiro atoms. The van der Waals surface area contributed by atoms with Gasteiger partial charge in [-0.05, 0) is 33.5 Å². The molecular weight excluding hydrogens is 244 g/mol. The number of thiophene rings is 1. The van der Waals surface area contributed by atoms with E-state index in [0.29, 0.717) is 19.6 Å². The Morgan fingerprint density at radius 2 is 1.94 bits per heavy atom. The minimum atomic E-state index is 0.0115. The van der Waals surface area contributed by atoms with Gasteiger partial charge in [-0.1, -0.05) is 24.3 Å². The highest BCUT2D eigenvalue weighted by Gasteiger charge is 2.22. The summed E-state index contributed by atoms with van der Waals surface area (Å²) in [6, 6.07) is 10.3. The molecule has 2 heterocycles. The largest absolute Gasteiger partial charge is 0.334 e. The van der Waals surface area contributed by atoms with Crippen LogP contribution in [0.1, 0.15) is 16.7 Å². The van der Waals surface area contributed by atoms with Crippen LogP contribution in [-0.4, -0.2) is 10.9 Å². The number of hydrogen-bond acceptors (Lipinski definition) is 2. The lowest BCUT2D eigenvalue weighted by Gasteiger charge is -2.16. The summed E-state index contributed by atoms with van der Waals surface area (Å²) in [5.41, 5.74) is 3.66. The molecule has 18 heavy (non-hydrogen) atoms. The average Bonchev–Trinajstić information content (AvgIpc) is 3.04. The lowest BCUT2D eigenvalue weighted by atomic mass is 10.1. The van der Waals surface area contributed by atoms with E-state index >= 15 is 0 Å². The molecule has 0 atom stereocenters. The minimum absolute atomic E-state index is 0.0115. The number of nitrogens with zero attached hydrogens (tertiary/aromatic N) is 1. The van der Waals surface area contributed by atoms with Crippen molar-refractivity contribution in [1.82, 2.24) is 10.2 Å². The molecule has 0 saturated carbocycles. The van der Waals surface area contributed by atoms with E-state index in [1.165, 1.54) is 11.1 Å². The maximum atomic E-state index is 12.0. The highest BCUT2D eigenvalue weighted by Crippen LogP contribution is 2.22. The molecule has 1 aromatic carbocycles. The number of carbonyl (C=O) groups is 1. The zero-order valence-electron chi connectivity index (χ0n) is 9.93. The molecule has 0 radical (unpaired) electrons. The summed E-state index contributed by atoms with van der Waals surface area (Å²) in [5, 5.41) is 7.03. The van der Waals surface area contributed by atoms with Gasteiger partial charge in [0, 0.05) is 19.6 Å². The van der Waals surface area contributed by atoms with Gasteiger partial charge in [-0.25, -0.2) is 4.79 Å². The van der Waals surface area contributed by atoms with Gasteiger partial charge in [0.2, 0.25) is 0 Å². The number of benzene rings is 1. The molecular formula is C14H14N2OS. The van der Waals surface area contributed by atoms with Crippen LogP contribution in [0.4, 0.5) is 4.79 Å². The highest BCUT2D eigenvalue weighted by atomic mass is 32.1. The Kier molecular flexibility index (Phi) is 3.02. The van der Waals surface area contributed by atoms with Crippen LogP contribution in [-0.2, 0) is 19.6 Å². The summed E-state index contributed by atoms with van der Waals surface area (Å²) in [7, 11) is 0. The molecule has 1 aromatic heterocycles. The third-order valence-corrected chi connectivity index (χ3v) is 3.88. The fourth-order valence-electron chi connectivity index (χ4n) is 2.16. The van der Waals surface area contributed by atoms with Crippen LogP contribution in [0.15, 0.2) is 41.1 Å². The van der Waals surface area contributed by atoms with Crippen molar-refractivity contribution in [1.29, 1.82) is 0 Å². The maximum Gasteiger partial charge on any atom is 0.318 e.